The van der Waals surface area contributed by atoms with Crippen molar-refractivity contribution >= 4 is 11.8 Å². The molecule has 0 aliphatic carbocycles. The van der Waals surface area contributed by atoms with Gasteiger partial charge in [-0.2, -0.15) is 0 Å². The molecule has 2 amide bonds. The van der Waals surface area contributed by atoms with Gasteiger partial charge in [0.05, 0.1) is 7.11 Å². The van der Waals surface area contributed by atoms with Crippen molar-refractivity contribution in [2.75, 3.05) is 13.7 Å². The second-order valence-corrected chi connectivity index (χ2v) is 7.08. The molecular weight excluding hydrogens is 387 g/mol. The Morgan fingerprint density at radius 3 is 2.30 bits per heavy atom. The molecule has 0 saturated heterocycles. The van der Waals surface area contributed by atoms with Gasteiger partial charge in [0.1, 0.15) is 11.9 Å². The first-order valence-electron chi connectivity index (χ1n) is 9.95. The molecule has 0 aliphatic rings. The van der Waals surface area contributed by atoms with Crippen LogP contribution in [0.3, 0.4) is 0 Å². The molecule has 0 aromatic heterocycles. The molecule has 0 heterocycles. The molecule has 2 aromatic carbocycles. The molecule has 2 aromatic rings. The Morgan fingerprint density at radius 2 is 1.70 bits per heavy atom. The van der Waals surface area contributed by atoms with Gasteiger partial charge in [-0.05, 0) is 50.1 Å². The van der Waals surface area contributed by atoms with Gasteiger partial charge in [-0.1, -0.05) is 31.2 Å². The second-order valence-electron chi connectivity index (χ2n) is 7.08. The number of ether oxygens (including phenoxy) is 2. The number of hydrogen-bond donors (Lipinski definition) is 1. The molecule has 6 nitrogen and oxygen atoms in total. The van der Waals surface area contributed by atoms with Crippen molar-refractivity contribution in [2.45, 2.75) is 45.8 Å². The van der Waals surface area contributed by atoms with Crippen molar-refractivity contribution in [2.24, 2.45) is 0 Å². The molecule has 2 rings (SSSR count). The summed E-state index contributed by atoms with van der Waals surface area (Å²) in [6.45, 7) is 5.44. The summed E-state index contributed by atoms with van der Waals surface area (Å²) in [6.07, 6.45) is 0.779. The van der Waals surface area contributed by atoms with Crippen LogP contribution >= 0.6 is 0 Å². The maximum absolute atomic E-state index is 13.3. The van der Waals surface area contributed by atoms with Gasteiger partial charge in [-0.15, -0.1) is 0 Å². The van der Waals surface area contributed by atoms with E-state index in [0.717, 1.165) is 6.42 Å². The fraction of sp³-hybridized carbons (Fsp3) is 0.391. The largest absolute Gasteiger partial charge is 0.493 e. The van der Waals surface area contributed by atoms with E-state index in [1.54, 1.807) is 43.3 Å². The Bertz CT molecular complexity index is 841. The van der Waals surface area contributed by atoms with Gasteiger partial charge < -0.3 is 19.7 Å². The van der Waals surface area contributed by atoms with Gasteiger partial charge in [0.15, 0.2) is 18.1 Å². The third kappa shape index (κ3) is 6.47. The van der Waals surface area contributed by atoms with Crippen LogP contribution in [0.4, 0.5) is 4.39 Å². The van der Waals surface area contributed by atoms with Crippen molar-refractivity contribution in [1.29, 1.82) is 0 Å². The third-order valence-corrected chi connectivity index (χ3v) is 4.85. The summed E-state index contributed by atoms with van der Waals surface area (Å²) in [7, 11) is 1.52. The zero-order chi connectivity index (χ0) is 22.1. The predicted molar refractivity (Wildman–Crippen MR) is 113 cm³/mol. The second kappa shape index (κ2) is 11.2. The molecule has 2 atom stereocenters. The summed E-state index contributed by atoms with van der Waals surface area (Å²) in [4.78, 5) is 27.1. The van der Waals surface area contributed by atoms with E-state index in [9.17, 15) is 14.0 Å². The number of nitrogens with one attached hydrogen (secondary N) is 1. The number of rotatable bonds is 10. The van der Waals surface area contributed by atoms with Gasteiger partial charge in [-0.25, -0.2) is 4.39 Å². The van der Waals surface area contributed by atoms with E-state index < -0.39 is 6.04 Å². The number of methoxy groups -OCH3 is 1. The smallest absolute Gasteiger partial charge is 0.261 e. The number of benzene rings is 2. The maximum Gasteiger partial charge on any atom is 0.261 e. The van der Waals surface area contributed by atoms with Crippen LogP contribution in [-0.4, -0.2) is 42.5 Å². The lowest BCUT2D eigenvalue weighted by atomic mass is 10.1. The van der Waals surface area contributed by atoms with Crippen molar-refractivity contribution in [3.05, 3.63) is 59.9 Å². The minimum Gasteiger partial charge on any atom is -0.493 e. The highest BCUT2D eigenvalue weighted by Gasteiger charge is 2.27. The summed E-state index contributed by atoms with van der Waals surface area (Å²) >= 11 is 0. The SMILES string of the molecule is CC[C@@H](C)NC(=O)[C@H](C)N(Cc1ccc(F)cc1)C(=O)COc1ccccc1OC. The van der Waals surface area contributed by atoms with Crippen LogP contribution in [-0.2, 0) is 16.1 Å². The fourth-order valence-corrected chi connectivity index (χ4v) is 2.80. The van der Waals surface area contributed by atoms with Crippen molar-refractivity contribution in [3.63, 3.8) is 0 Å². The average Bonchev–Trinajstić information content (AvgIpc) is 2.76. The zero-order valence-electron chi connectivity index (χ0n) is 17.9. The van der Waals surface area contributed by atoms with Crippen molar-refractivity contribution in [3.8, 4) is 11.5 Å². The molecular formula is C23H29FN2O4. The number of amides is 2. The molecule has 0 bridgehead atoms. The van der Waals surface area contributed by atoms with E-state index in [1.165, 1.54) is 24.1 Å². The molecule has 0 aliphatic heterocycles. The molecule has 0 unspecified atom stereocenters. The number of carbonyl (C=O) groups is 2. The Kier molecular flexibility index (Phi) is 8.65. The van der Waals surface area contributed by atoms with E-state index in [2.05, 4.69) is 5.32 Å². The lowest BCUT2D eigenvalue weighted by Crippen LogP contribution is -2.50. The van der Waals surface area contributed by atoms with E-state index in [1.807, 2.05) is 13.8 Å². The summed E-state index contributed by atoms with van der Waals surface area (Å²) in [5, 5.41) is 2.90. The van der Waals surface area contributed by atoms with Crippen molar-refractivity contribution in [1.82, 2.24) is 10.2 Å². The molecule has 30 heavy (non-hydrogen) atoms. The van der Waals surface area contributed by atoms with Crippen molar-refractivity contribution < 1.29 is 23.5 Å². The van der Waals surface area contributed by atoms with Crippen LogP contribution in [0.5, 0.6) is 11.5 Å². The first-order valence-corrected chi connectivity index (χ1v) is 9.95. The lowest BCUT2D eigenvalue weighted by Gasteiger charge is -2.29. The normalized spacial score (nSPS) is 12.6. The fourth-order valence-electron chi connectivity index (χ4n) is 2.80. The number of nitrogens with zero attached hydrogens (tertiary/aromatic N) is 1. The Morgan fingerprint density at radius 1 is 1.07 bits per heavy atom. The molecule has 162 valence electrons. The summed E-state index contributed by atoms with van der Waals surface area (Å²) in [5.74, 6) is -0.0300. The number of hydrogen-bond acceptors (Lipinski definition) is 4. The highest BCUT2D eigenvalue weighted by atomic mass is 19.1. The van der Waals surface area contributed by atoms with Crippen LogP contribution in [0.15, 0.2) is 48.5 Å². The van der Waals surface area contributed by atoms with E-state index in [0.29, 0.717) is 17.1 Å². The number of halogens is 1. The average molecular weight is 416 g/mol. The topological polar surface area (TPSA) is 67.9 Å². The summed E-state index contributed by atoms with van der Waals surface area (Å²) in [5.41, 5.74) is 0.713. The first-order chi connectivity index (χ1) is 14.3. The monoisotopic (exact) mass is 416 g/mol. The van der Waals surface area contributed by atoms with Gasteiger partial charge in [-0.3, -0.25) is 9.59 Å². The minimum atomic E-state index is -0.724. The predicted octanol–water partition coefficient (Wildman–Crippen LogP) is 3.55. The quantitative estimate of drug-likeness (QED) is 0.643. The molecule has 7 heteroatoms. The van der Waals surface area contributed by atoms with Crippen LogP contribution in [0.2, 0.25) is 0 Å². The van der Waals surface area contributed by atoms with Gasteiger partial charge in [0.2, 0.25) is 5.91 Å². The van der Waals surface area contributed by atoms with E-state index in [-0.39, 0.29) is 36.8 Å². The zero-order valence-corrected chi connectivity index (χ0v) is 17.9. The molecule has 0 spiro atoms. The lowest BCUT2D eigenvalue weighted by molar-refractivity contribution is -0.142. The Labute approximate surface area is 177 Å². The molecule has 0 saturated carbocycles. The number of carbonyl (C=O) groups excluding carboxylic acids is 2. The minimum absolute atomic E-state index is 0.00690. The highest BCUT2D eigenvalue weighted by Crippen LogP contribution is 2.25. The third-order valence-electron chi connectivity index (χ3n) is 4.85. The van der Waals surface area contributed by atoms with Gasteiger partial charge in [0, 0.05) is 12.6 Å². The Hall–Kier alpha value is -3.09. The molecule has 1 N–H and O–H groups in total. The van der Waals surface area contributed by atoms with Gasteiger partial charge >= 0.3 is 0 Å². The Balaban J connectivity index is 2.17. The van der Waals surface area contributed by atoms with Crippen LogP contribution in [0, 0.1) is 5.82 Å². The standard InChI is InChI=1S/C23H29FN2O4/c1-5-16(2)25-23(28)17(3)26(14-18-10-12-19(24)13-11-18)22(27)15-30-21-9-7-6-8-20(21)29-4/h6-13,16-17H,5,14-15H2,1-4H3,(H,25,28)/t16-,17+/m1/s1. The first kappa shape index (κ1) is 23.2. The maximum atomic E-state index is 13.3. The van der Waals surface area contributed by atoms with Crippen LogP contribution < -0.4 is 14.8 Å². The van der Waals surface area contributed by atoms with E-state index in [4.69, 9.17) is 9.47 Å². The van der Waals surface area contributed by atoms with Gasteiger partial charge in [0.25, 0.3) is 5.91 Å². The summed E-state index contributed by atoms with van der Waals surface area (Å²) < 4.78 is 24.1. The number of para-hydroxylation sites is 2. The summed E-state index contributed by atoms with van der Waals surface area (Å²) in [6, 6.07) is 12.1. The molecule has 0 radical (unpaired) electrons. The molecule has 0 fully saturated rings. The van der Waals surface area contributed by atoms with Crippen LogP contribution in [0.1, 0.15) is 32.8 Å². The van der Waals surface area contributed by atoms with E-state index >= 15 is 0 Å². The highest BCUT2D eigenvalue weighted by molar-refractivity contribution is 5.88. The van der Waals surface area contributed by atoms with Crippen LogP contribution in [0.25, 0.3) is 0 Å².